The second kappa shape index (κ2) is 5.61. The SMILES string of the molecule is NC(=O)Nc1[nH]c2cc(-c3ccc(F)nc3F)ccc2c1C(N)=O. The zero-order valence-corrected chi connectivity index (χ0v) is 12.1. The zero-order valence-electron chi connectivity index (χ0n) is 12.1. The number of rotatable bonds is 3. The van der Waals surface area contributed by atoms with Crippen molar-refractivity contribution in [3.8, 4) is 11.1 Å². The van der Waals surface area contributed by atoms with Crippen LogP contribution < -0.4 is 16.8 Å². The monoisotopic (exact) mass is 331 g/mol. The van der Waals surface area contributed by atoms with Gasteiger partial charge in [0.25, 0.3) is 5.91 Å². The number of H-pyrrole nitrogens is 1. The molecule has 0 saturated heterocycles. The second-order valence-electron chi connectivity index (χ2n) is 4.96. The van der Waals surface area contributed by atoms with E-state index in [1.807, 2.05) is 0 Å². The van der Waals surface area contributed by atoms with E-state index >= 15 is 0 Å². The lowest BCUT2D eigenvalue weighted by Crippen LogP contribution is -2.22. The molecule has 1 aromatic carbocycles. The number of halogens is 2. The highest BCUT2D eigenvalue weighted by Gasteiger charge is 2.18. The van der Waals surface area contributed by atoms with Crippen LogP contribution in [0.15, 0.2) is 30.3 Å². The topological polar surface area (TPSA) is 127 Å². The summed E-state index contributed by atoms with van der Waals surface area (Å²) in [5.41, 5.74) is 11.3. The molecule has 0 aliphatic carbocycles. The van der Waals surface area contributed by atoms with E-state index < -0.39 is 23.8 Å². The molecule has 3 amide bonds. The van der Waals surface area contributed by atoms with Gasteiger partial charge in [-0.25, -0.2) is 4.79 Å². The summed E-state index contributed by atoms with van der Waals surface area (Å²) in [6.45, 7) is 0. The molecule has 7 nitrogen and oxygen atoms in total. The Morgan fingerprint density at radius 2 is 1.88 bits per heavy atom. The number of primary amides is 2. The molecule has 0 aliphatic rings. The number of anilines is 1. The number of amides is 3. The third-order valence-electron chi connectivity index (χ3n) is 3.42. The Balaban J connectivity index is 2.18. The Bertz CT molecular complexity index is 983. The van der Waals surface area contributed by atoms with Gasteiger partial charge in [-0.1, -0.05) is 12.1 Å². The minimum absolute atomic E-state index is 0.0415. The van der Waals surface area contributed by atoms with Crippen LogP contribution in [0.5, 0.6) is 0 Å². The van der Waals surface area contributed by atoms with E-state index in [-0.39, 0.29) is 16.9 Å². The van der Waals surface area contributed by atoms with Crippen LogP contribution in [0.25, 0.3) is 22.0 Å². The molecular formula is C15H11F2N5O2. The van der Waals surface area contributed by atoms with E-state index in [4.69, 9.17) is 11.5 Å². The van der Waals surface area contributed by atoms with Gasteiger partial charge >= 0.3 is 6.03 Å². The number of carbonyl (C=O) groups excluding carboxylic acids is 2. The Morgan fingerprint density at radius 3 is 2.50 bits per heavy atom. The van der Waals surface area contributed by atoms with Gasteiger partial charge < -0.3 is 16.5 Å². The third-order valence-corrected chi connectivity index (χ3v) is 3.42. The second-order valence-corrected chi connectivity index (χ2v) is 4.96. The van der Waals surface area contributed by atoms with Crippen molar-refractivity contribution in [3.05, 3.63) is 47.8 Å². The average molecular weight is 331 g/mol. The molecule has 3 aromatic rings. The molecule has 2 heterocycles. The molecule has 24 heavy (non-hydrogen) atoms. The van der Waals surface area contributed by atoms with Gasteiger partial charge in [-0.3, -0.25) is 10.1 Å². The molecule has 0 radical (unpaired) electrons. The van der Waals surface area contributed by atoms with E-state index in [2.05, 4.69) is 15.3 Å². The Labute approximate surface area is 133 Å². The van der Waals surface area contributed by atoms with Crippen molar-refractivity contribution in [1.29, 1.82) is 0 Å². The van der Waals surface area contributed by atoms with E-state index in [1.54, 1.807) is 0 Å². The summed E-state index contributed by atoms with van der Waals surface area (Å²) >= 11 is 0. The molecule has 0 saturated carbocycles. The fourth-order valence-electron chi connectivity index (χ4n) is 2.47. The number of nitrogens with one attached hydrogen (secondary N) is 2. The number of nitrogens with two attached hydrogens (primary N) is 2. The van der Waals surface area contributed by atoms with Crippen LogP contribution in [0.2, 0.25) is 0 Å². The number of aromatic nitrogens is 2. The summed E-state index contributed by atoms with van der Waals surface area (Å²) in [6, 6.07) is 5.97. The van der Waals surface area contributed by atoms with Crippen LogP contribution in [0.3, 0.4) is 0 Å². The maximum atomic E-state index is 13.8. The molecule has 0 unspecified atom stereocenters. The number of hydrogen-bond acceptors (Lipinski definition) is 3. The Morgan fingerprint density at radius 1 is 1.12 bits per heavy atom. The number of fused-ring (bicyclic) bond motifs is 1. The number of benzene rings is 1. The van der Waals surface area contributed by atoms with Gasteiger partial charge in [-0.05, 0) is 23.8 Å². The van der Waals surface area contributed by atoms with Crippen LogP contribution >= 0.6 is 0 Å². The fraction of sp³-hybridized carbons (Fsp3) is 0. The molecule has 0 spiro atoms. The number of pyridine rings is 1. The summed E-state index contributed by atoms with van der Waals surface area (Å²) < 4.78 is 26.7. The highest BCUT2D eigenvalue weighted by atomic mass is 19.1. The molecule has 0 fully saturated rings. The summed E-state index contributed by atoms with van der Waals surface area (Å²) in [4.78, 5) is 28.6. The molecule has 122 valence electrons. The normalized spacial score (nSPS) is 10.8. The molecule has 2 aromatic heterocycles. The summed E-state index contributed by atoms with van der Waals surface area (Å²) in [5.74, 6) is -2.63. The predicted octanol–water partition coefficient (Wildman–Crippen LogP) is 2.10. The standard InChI is InChI=1S/C15H11F2N5O2/c16-10-4-3-7(12(17)21-10)6-1-2-8-9(5-6)20-14(22-15(19)24)11(8)13(18)23/h1-5,20H,(H2,18,23)(H3,19,22,24). The number of carbonyl (C=O) groups is 2. The van der Waals surface area contributed by atoms with Crippen molar-refractivity contribution in [2.24, 2.45) is 11.5 Å². The van der Waals surface area contributed by atoms with Gasteiger partial charge in [0.15, 0.2) is 0 Å². The van der Waals surface area contributed by atoms with Crippen molar-refractivity contribution in [2.45, 2.75) is 0 Å². The van der Waals surface area contributed by atoms with Crippen molar-refractivity contribution >= 4 is 28.7 Å². The molecule has 3 rings (SSSR count). The zero-order chi connectivity index (χ0) is 17.4. The minimum Gasteiger partial charge on any atom is -0.365 e. The average Bonchev–Trinajstić information content (AvgIpc) is 2.83. The van der Waals surface area contributed by atoms with E-state index in [0.717, 1.165) is 6.07 Å². The maximum Gasteiger partial charge on any atom is 0.317 e. The van der Waals surface area contributed by atoms with Gasteiger partial charge in [0, 0.05) is 16.5 Å². The van der Waals surface area contributed by atoms with Crippen LogP contribution in [0.1, 0.15) is 10.4 Å². The van der Waals surface area contributed by atoms with Gasteiger partial charge in [0.2, 0.25) is 11.9 Å². The molecule has 0 atom stereocenters. The lowest BCUT2D eigenvalue weighted by molar-refractivity contribution is 0.100. The van der Waals surface area contributed by atoms with Gasteiger partial charge in [-0.15, -0.1) is 0 Å². The molecule has 9 heteroatoms. The van der Waals surface area contributed by atoms with Crippen LogP contribution in [0.4, 0.5) is 19.4 Å². The summed E-state index contributed by atoms with van der Waals surface area (Å²) in [6.07, 6.45) is 0. The van der Waals surface area contributed by atoms with Crippen LogP contribution in [-0.4, -0.2) is 21.9 Å². The van der Waals surface area contributed by atoms with Crippen molar-refractivity contribution in [2.75, 3.05) is 5.32 Å². The third kappa shape index (κ3) is 2.62. The van der Waals surface area contributed by atoms with Crippen LogP contribution in [0, 0.1) is 11.9 Å². The first-order chi connectivity index (χ1) is 11.4. The number of urea groups is 1. The molecular weight excluding hydrogens is 320 g/mol. The number of hydrogen-bond donors (Lipinski definition) is 4. The van der Waals surface area contributed by atoms with E-state index in [1.165, 1.54) is 24.3 Å². The lowest BCUT2D eigenvalue weighted by atomic mass is 10.0. The van der Waals surface area contributed by atoms with Crippen molar-refractivity contribution in [1.82, 2.24) is 9.97 Å². The summed E-state index contributed by atoms with van der Waals surface area (Å²) in [7, 11) is 0. The first-order valence-electron chi connectivity index (χ1n) is 6.71. The smallest absolute Gasteiger partial charge is 0.317 e. The fourth-order valence-corrected chi connectivity index (χ4v) is 2.47. The lowest BCUT2D eigenvalue weighted by Gasteiger charge is -2.03. The highest BCUT2D eigenvalue weighted by Crippen LogP contribution is 2.31. The van der Waals surface area contributed by atoms with E-state index in [9.17, 15) is 18.4 Å². The van der Waals surface area contributed by atoms with Gasteiger partial charge in [-0.2, -0.15) is 13.8 Å². The first-order valence-corrected chi connectivity index (χ1v) is 6.71. The predicted molar refractivity (Wildman–Crippen MR) is 83.2 cm³/mol. The summed E-state index contributed by atoms with van der Waals surface area (Å²) in [5, 5.41) is 2.69. The molecule has 0 aliphatic heterocycles. The Hall–Kier alpha value is -3.49. The number of nitrogens with zero attached hydrogens (tertiary/aromatic N) is 1. The Kier molecular flexibility index (Phi) is 3.60. The number of aromatic amines is 1. The molecule has 0 bridgehead atoms. The van der Waals surface area contributed by atoms with E-state index in [0.29, 0.717) is 16.5 Å². The van der Waals surface area contributed by atoms with Crippen molar-refractivity contribution in [3.63, 3.8) is 0 Å². The van der Waals surface area contributed by atoms with Crippen LogP contribution in [-0.2, 0) is 0 Å². The molecule has 6 N–H and O–H groups in total. The maximum absolute atomic E-state index is 13.8. The highest BCUT2D eigenvalue weighted by molar-refractivity contribution is 6.13. The van der Waals surface area contributed by atoms with Gasteiger partial charge in [0.05, 0.1) is 5.56 Å². The van der Waals surface area contributed by atoms with Gasteiger partial charge in [0.1, 0.15) is 5.82 Å². The quantitative estimate of drug-likeness (QED) is 0.549. The van der Waals surface area contributed by atoms with Crippen molar-refractivity contribution < 1.29 is 18.4 Å². The minimum atomic E-state index is -0.966. The largest absolute Gasteiger partial charge is 0.365 e. The first kappa shape index (κ1) is 15.4.